The van der Waals surface area contributed by atoms with Crippen molar-refractivity contribution < 1.29 is 24.9 Å². The fourth-order valence-electron chi connectivity index (χ4n) is 2.21. The van der Waals surface area contributed by atoms with Gasteiger partial charge in [0.05, 0.1) is 6.61 Å². The molecule has 1 heterocycles. The van der Waals surface area contributed by atoms with Gasteiger partial charge >= 0.3 is 7.32 Å². The van der Waals surface area contributed by atoms with Crippen LogP contribution in [0.3, 0.4) is 0 Å². The van der Waals surface area contributed by atoms with Gasteiger partial charge in [0.15, 0.2) is 0 Å². The van der Waals surface area contributed by atoms with Crippen molar-refractivity contribution in [1.29, 1.82) is 0 Å². The molecule has 118 valence electrons. The van der Waals surface area contributed by atoms with Crippen molar-refractivity contribution in [3.8, 4) is 22.6 Å². The summed E-state index contributed by atoms with van der Waals surface area (Å²) in [6, 6.07) is 11.1. The van der Waals surface area contributed by atoms with Gasteiger partial charge in [0.2, 0.25) is 0 Å². The van der Waals surface area contributed by atoms with Crippen molar-refractivity contribution in [2.75, 3.05) is 12.3 Å². The Balaban J connectivity index is 0.000000436. The van der Waals surface area contributed by atoms with Crippen molar-refractivity contribution in [3.05, 3.63) is 42.0 Å². The molecule has 1 aliphatic rings. The van der Waals surface area contributed by atoms with Crippen LogP contribution in [0, 0.1) is 0 Å². The largest absolute Gasteiger partial charge is 0.631 e. The first-order valence-electron chi connectivity index (χ1n) is 6.37. The number of rotatable bonds is 1. The zero-order chi connectivity index (χ0) is 15.4. The number of hydrogen-bond donors (Lipinski definition) is 5. The molecule has 22 heavy (non-hydrogen) atoms. The number of anilines is 1. The molecule has 0 radical (unpaired) electrons. The average Bonchev–Trinajstić information content (AvgIpc) is 2.85. The summed E-state index contributed by atoms with van der Waals surface area (Å²) in [4.78, 5) is 0. The first-order valence-corrected chi connectivity index (χ1v) is 6.37. The lowest BCUT2D eigenvalue weighted by molar-refractivity contribution is 0.278. The van der Waals surface area contributed by atoms with Gasteiger partial charge in [-0.05, 0) is 35.4 Å². The van der Waals surface area contributed by atoms with Gasteiger partial charge in [-0.15, -0.1) is 12.4 Å². The normalized spacial score (nSPS) is 11.4. The lowest BCUT2D eigenvalue weighted by Gasteiger charge is -2.09. The van der Waals surface area contributed by atoms with Crippen LogP contribution >= 0.6 is 12.4 Å². The number of benzene rings is 2. The third-order valence-corrected chi connectivity index (χ3v) is 3.05. The first-order chi connectivity index (χ1) is 9.99. The maximum Gasteiger partial charge on any atom is 0.631 e. The van der Waals surface area contributed by atoms with Gasteiger partial charge in [0.1, 0.15) is 11.5 Å². The molecule has 2 aromatic carbocycles. The number of phenols is 1. The molecule has 1 aliphatic heterocycles. The van der Waals surface area contributed by atoms with Gasteiger partial charge < -0.3 is 30.6 Å². The minimum atomic E-state index is -2.17. The molecular weight excluding hydrogens is 308 g/mol. The molecule has 0 bridgehead atoms. The van der Waals surface area contributed by atoms with E-state index in [0.717, 1.165) is 24.3 Å². The number of aromatic hydroxyl groups is 1. The van der Waals surface area contributed by atoms with Gasteiger partial charge in [-0.1, -0.05) is 12.1 Å². The number of phenolic OH excluding ortho intramolecular Hbond substituents is 1. The standard InChI is InChI=1S/C14H13NO2.BH3O3.ClH/c15-11-2-1-3-12(16)14(11)10-4-5-13-9(8-10)6-7-17-13;2-1(3)4;/h1-5,8,16H,6-7,15H2;2-4H;1H. The minimum absolute atomic E-state index is 0. The molecule has 6 N–H and O–H groups in total. The SMILES string of the molecule is Cl.Nc1cccc(O)c1-c1ccc2c(c1)CCO2.OB(O)O. The summed E-state index contributed by atoms with van der Waals surface area (Å²) in [7, 11) is -2.17. The zero-order valence-corrected chi connectivity index (χ0v) is 12.5. The molecule has 0 aromatic heterocycles. The topological polar surface area (TPSA) is 116 Å². The van der Waals surface area contributed by atoms with Crippen LogP contribution in [-0.2, 0) is 6.42 Å². The second-order valence-corrected chi connectivity index (χ2v) is 4.51. The van der Waals surface area contributed by atoms with Crippen LogP contribution in [0.2, 0.25) is 0 Å². The molecule has 0 fully saturated rings. The number of fused-ring (bicyclic) bond motifs is 1. The van der Waals surface area contributed by atoms with Crippen LogP contribution in [-0.4, -0.2) is 34.1 Å². The van der Waals surface area contributed by atoms with Gasteiger partial charge in [-0.3, -0.25) is 0 Å². The van der Waals surface area contributed by atoms with E-state index in [4.69, 9.17) is 25.5 Å². The highest BCUT2D eigenvalue weighted by atomic mass is 35.5. The molecule has 2 aromatic rings. The molecule has 8 heteroatoms. The Kier molecular flexibility index (Phi) is 6.51. The maximum absolute atomic E-state index is 9.88. The lowest BCUT2D eigenvalue weighted by Crippen LogP contribution is -2.07. The van der Waals surface area contributed by atoms with Crippen molar-refractivity contribution in [1.82, 2.24) is 0 Å². The quantitative estimate of drug-likeness (QED) is 0.394. The van der Waals surface area contributed by atoms with E-state index in [1.807, 2.05) is 18.2 Å². The van der Waals surface area contributed by atoms with E-state index in [-0.39, 0.29) is 18.2 Å². The molecule has 0 aliphatic carbocycles. The Morgan fingerprint density at radius 1 is 1.09 bits per heavy atom. The molecule has 0 atom stereocenters. The lowest BCUT2D eigenvalue weighted by atomic mass is 9.99. The van der Waals surface area contributed by atoms with Crippen LogP contribution in [0.5, 0.6) is 11.5 Å². The summed E-state index contributed by atoms with van der Waals surface area (Å²) in [6.07, 6.45) is 0.913. The highest BCUT2D eigenvalue weighted by Crippen LogP contribution is 2.37. The van der Waals surface area contributed by atoms with E-state index in [1.165, 1.54) is 5.56 Å². The third-order valence-electron chi connectivity index (χ3n) is 3.05. The zero-order valence-electron chi connectivity index (χ0n) is 11.6. The van der Waals surface area contributed by atoms with Crippen LogP contribution < -0.4 is 10.5 Å². The van der Waals surface area contributed by atoms with Crippen LogP contribution in [0.4, 0.5) is 5.69 Å². The average molecular weight is 326 g/mol. The number of halogens is 1. The number of nitrogens with two attached hydrogens (primary N) is 1. The highest BCUT2D eigenvalue weighted by Gasteiger charge is 2.15. The Morgan fingerprint density at radius 2 is 1.77 bits per heavy atom. The Hall–Kier alpha value is -1.93. The maximum atomic E-state index is 9.88. The van der Waals surface area contributed by atoms with Crippen LogP contribution in [0.1, 0.15) is 5.56 Å². The Bertz CT molecular complexity index is 616. The summed E-state index contributed by atoms with van der Waals surface area (Å²) >= 11 is 0. The van der Waals surface area contributed by atoms with Crippen molar-refractivity contribution in [2.45, 2.75) is 6.42 Å². The molecule has 6 nitrogen and oxygen atoms in total. The molecule has 0 spiro atoms. The monoisotopic (exact) mass is 325 g/mol. The summed E-state index contributed by atoms with van der Waals surface area (Å²) in [6.45, 7) is 0.731. The van der Waals surface area contributed by atoms with E-state index in [9.17, 15) is 5.11 Å². The van der Waals surface area contributed by atoms with E-state index in [2.05, 4.69) is 0 Å². The fraction of sp³-hybridized carbons (Fsp3) is 0.143. The third kappa shape index (κ3) is 4.28. The second kappa shape index (κ2) is 7.91. The van der Waals surface area contributed by atoms with E-state index in [1.54, 1.807) is 18.2 Å². The van der Waals surface area contributed by atoms with E-state index < -0.39 is 7.32 Å². The molecule has 0 saturated carbocycles. The fourth-order valence-corrected chi connectivity index (χ4v) is 2.21. The van der Waals surface area contributed by atoms with Crippen LogP contribution in [0.15, 0.2) is 36.4 Å². The van der Waals surface area contributed by atoms with Gasteiger partial charge in [-0.25, -0.2) is 0 Å². The van der Waals surface area contributed by atoms with Gasteiger partial charge in [0, 0.05) is 17.7 Å². The van der Waals surface area contributed by atoms with Crippen molar-refractivity contribution in [3.63, 3.8) is 0 Å². The Labute approximate surface area is 134 Å². The summed E-state index contributed by atoms with van der Waals surface area (Å²) in [5.41, 5.74) is 9.30. The molecule has 0 unspecified atom stereocenters. The van der Waals surface area contributed by atoms with Crippen molar-refractivity contribution in [2.24, 2.45) is 0 Å². The summed E-state index contributed by atoms with van der Waals surface area (Å²) in [5, 5.41) is 31.4. The predicted molar refractivity (Wildman–Crippen MR) is 86.8 cm³/mol. The molecule has 0 amide bonds. The second-order valence-electron chi connectivity index (χ2n) is 4.51. The van der Waals surface area contributed by atoms with E-state index in [0.29, 0.717) is 11.3 Å². The Morgan fingerprint density at radius 3 is 2.41 bits per heavy atom. The van der Waals surface area contributed by atoms with Gasteiger partial charge in [-0.2, -0.15) is 0 Å². The number of ether oxygens (including phenoxy) is 1. The highest BCUT2D eigenvalue weighted by molar-refractivity contribution is 6.30. The summed E-state index contributed by atoms with van der Waals surface area (Å²) < 4.78 is 5.46. The number of hydrogen-bond acceptors (Lipinski definition) is 6. The number of nitrogen functional groups attached to an aromatic ring is 1. The minimum Gasteiger partial charge on any atom is -0.507 e. The van der Waals surface area contributed by atoms with Crippen LogP contribution in [0.25, 0.3) is 11.1 Å². The molecular formula is C14H17BClNO5. The van der Waals surface area contributed by atoms with Gasteiger partial charge in [0.25, 0.3) is 0 Å². The van der Waals surface area contributed by atoms with Crippen molar-refractivity contribution >= 4 is 25.4 Å². The molecule has 3 rings (SSSR count). The van der Waals surface area contributed by atoms with E-state index >= 15 is 0 Å². The predicted octanol–water partition coefficient (Wildman–Crippen LogP) is 0.946. The summed E-state index contributed by atoms with van der Waals surface area (Å²) in [5.74, 6) is 1.15. The smallest absolute Gasteiger partial charge is 0.507 e. The molecule has 0 saturated heterocycles. The first kappa shape index (κ1) is 18.1.